The molecular formula is C10H14ClN. The van der Waals surface area contributed by atoms with Gasteiger partial charge in [-0.3, -0.25) is 0 Å². The minimum atomic E-state index is 0.198. The second kappa shape index (κ2) is 3.92. The van der Waals surface area contributed by atoms with Crippen LogP contribution in [0.2, 0.25) is 5.02 Å². The number of halogens is 1. The molecule has 0 spiro atoms. The molecule has 0 unspecified atom stereocenters. The van der Waals surface area contributed by atoms with Gasteiger partial charge < -0.3 is 5.73 Å². The van der Waals surface area contributed by atoms with Crippen LogP contribution in [0.15, 0.2) is 18.2 Å². The number of aryl methyl sites for hydroxylation is 1. The van der Waals surface area contributed by atoms with E-state index < -0.39 is 0 Å². The first-order valence-electron chi connectivity index (χ1n) is 4.10. The van der Waals surface area contributed by atoms with Crippen molar-refractivity contribution in [1.82, 2.24) is 0 Å². The molecule has 1 atom stereocenters. The Morgan fingerprint density at radius 2 is 2.17 bits per heavy atom. The molecule has 0 aliphatic rings. The maximum atomic E-state index is 5.96. The molecule has 0 saturated carbocycles. The molecule has 0 saturated heterocycles. The zero-order valence-corrected chi connectivity index (χ0v) is 8.23. The van der Waals surface area contributed by atoms with Crippen LogP contribution in [-0.2, 0) is 6.42 Å². The smallest absolute Gasteiger partial charge is 0.0437 e. The summed E-state index contributed by atoms with van der Waals surface area (Å²) in [6.45, 7) is 3.99. The SMILES string of the molecule is Cc1ccc(C[C@@H](C)N)cc1Cl. The summed E-state index contributed by atoms with van der Waals surface area (Å²) in [6, 6.07) is 6.29. The molecule has 12 heavy (non-hydrogen) atoms. The summed E-state index contributed by atoms with van der Waals surface area (Å²) < 4.78 is 0. The summed E-state index contributed by atoms with van der Waals surface area (Å²) in [5.41, 5.74) is 7.99. The Hall–Kier alpha value is -0.530. The standard InChI is InChI=1S/C10H14ClN/c1-7-3-4-9(5-8(2)12)6-10(7)11/h3-4,6,8H,5,12H2,1-2H3/t8-/m1/s1. The molecule has 0 bridgehead atoms. The molecular weight excluding hydrogens is 170 g/mol. The molecule has 0 amide bonds. The first-order chi connectivity index (χ1) is 5.59. The van der Waals surface area contributed by atoms with E-state index in [1.165, 1.54) is 5.56 Å². The van der Waals surface area contributed by atoms with E-state index >= 15 is 0 Å². The van der Waals surface area contributed by atoms with Crippen LogP contribution in [0.5, 0.6) is 0 Å². The van der Waals surface area contributed by atoms with E-state index in [1.54, 1.807) is 0 Å². The van der Waals surface area contributed by atoms with Crippen LogP contribution in [0.25, 0.3) is 0 Å². The van der Waals surface area contributed by atoms with Crippen molar-refractivity contribution in [2.24, 2.45) is 5.73 Å². The lowest BCUT2D eigenvalue weighted by atomic mass is 10.1. The Morgan fingerprint density at radius 3 is 2.67 bits per heavy atom. The summed E-state index contributed by atoms with van der Waals surface area (Å²) in [7, 11) is 0. The van der Waals surface area contributed by atoms with Gasteiger partial charge in [-0.25, -0.2) is 0 Å². The van der Waals surface area contributed by atoms with Gasteiger partial charge in [-0.2, -0.15) is 0 Å². The van der Waals surface area contributed by atoms with E-state index in [4.69, 9.17) is 17.3 Å². The fourth-order valence-electron chi connectivity index (χ4n) is 1.14. The van der Waals surface area contributed by atoms with E-state index in [1.807, 2.05) is 26.0 Å². The number of benzene rings is 1. The number of nitrogens with two attached hydrogens (primary N) is 1. The molecule has 1 aromatic carbocycles. The minimum absolute atomic E-state index is 0.198. The Labute approximate surface area is 78.5 Å². The zero-order chi connectivity index (χ0) is 9.14. The van der Waals surface area contributed by atoms with Gasteiger partial charge in [0.05, 0.1) is 0 Å². The highest BCUT2D eigenvalue weighted by atomic mass is 35.5. The highest BCUT2D eigenvalue weighted by Crippen LogP contribution is 2.17. The lowest BCUT2D eigenvalue weighted by molar-refractivity contribution is 0.738. The van der Waals surface area contributed by atoms with Crippen LogP contribution in [0, 0.1) is 6.92 Å². The number of hydrogen-bond acceptors (Lipinski definition) is 1. The van der Waals surface area contributed by atoms with Crippen molar-refractivity contribution < 1.29 is 0 Å². The van der Waals surface area contributed by atoms with Crippen molar-refractivity contribution in [2.45, 2.75) is 26.3 Å². The van der Waals surface area contributed by atoms with E-state index in [0.717, 1.165) is 17.0 Å². The quantitative estimate of drug-likeness (QED) is 0.750. The largest absolute Gasteiger partial charge is 0.328 e. The monoisotopic (exact) mass is 183 g/mol. The highest BCUT2D eigenvalue weighted by Gasteiger charge is 2.00. The van der Waals surface area contributed by atoms with Crippen molar-refractivity contribution in [1.29, 1.82) is 0 Å². The van der Waals surface area contributed by atoms with Crippen molar-refractivity contribution in [2.75, 3.05) is 0 Å². The third kappa shape index (κ3) is 2.50. The molecule has 66 valence electrons. The van der Waals surface area contributed by atoms with Crippen molar-refractivity contribution in [3.05, 3.63) is 34.3 Å². The predicted molar refractivity (Wildman–Crippen MR) is 53.5 cm³/mol. The van der Waals surface area contributed by atoms with Crippen LogP contribution in [0.1, 0.15) is 18.1 Å². The lowest BCUT2D eigenvalue weighted by Gasteiger charge is -2.06. The first-order valence-corrected chi connectivity index (χ1v) is 4.48. The van der Waals surface area contributed by atoms with Crippen LogP contribution in [0.3, 0.4) is 0 Å². The summed E-state index contributed by atoms with van der Waals surface area (Å²) in [5, 5.41) is 0.827. The highest BCUT2D eigenvalue weighted by molar-refractivity contribution is 6.31. The van der Waals surface area contributed by atoms with Gasteiger partial charge in [0.15, 0.2) is 0 Å². The molecule has 0 radical (unpaired) electrons. The van der Waals surface area contributed by atoms with Crippen LogP contribution < -0.4 is 5.73 Å². The molecule has 2 N–H and O–H groups in total. The second-order valence-corrected chi connectivity index (χ2v) is 3.67. The zero-order valence-electron chi connectivity index (χ0n) is 7.47. The fourth-order valence-corrected chi connectivity index (χ4v) is 1.34. The molecule has 1 aromatic rings. The van der Waals surface area contributed by atoms with Gasteiger partial charge in [-0.1, -0.05) is 23.7 Å². The Balaban J connectivity index is 2.82. The average molecular weight is 184 g/mol. The molecule has 1 nitrogen and oxygen atoms in total. The Kier molecular flexibility index (Phi) is 3.12. The van der Waals surface area contributed by atoms with Crippen LogP contribution in [-0.4, -0.2) is 6.04 Å². The summed E-state index contributed by atoms with van der Waals surface area (Å²) >= 11 is 5.96. The normalized spacial score (nSPS) is 13.0. The molecule has 0 aliphatic carbocycles. The second-order valence-electron chi connectivity index (χ2n) is 3.26. The summed E-state index contributed by atoms with van der Waals surface area (Å²) in [5.74, 6) is 0. The van der Waals surface area contributed by atoms with Crippen molar-refractivity contribution in [3.63, 3.8) is 0 Å². The predicted octanol–water partition coefficient (Wildman–Crippen LogP) is 2.54. The number of rotatable bonds is 2. The summed E-state index contributed by atoms with van der Waals surface area (Å²) in [4.78, 5) is 0. The summed E-state index contributed by atoms with van der Waals surface area (Å²) in [6.07, 6.45) is 0.889. The van der Waals surface area contributed by atoms with E-state index in [2.05, 4.69) is 6.07 Å². The fraction of sp³-hybridized carbons (Fsp3) is 0.400. The van der Waals surface area contributed by atoms with Gasteiger partial charge in [-0.15, -0.1) is 0 Å². The third-order valence-electron chi connectivity index (χ3n) is 1.79. The van der Waals surface area contributed by atoms with E-state index in [0.29, 0.717) is 0 Å². The molecule has 0 aliphatic heterocycles. The topological polar surface area (TPSA) is 26.0 Å². The van der Waals surface area contributed by atoms with Gasteiger partial charge in [0, 0.05) is 11.1 Å². The van der Waals surface area contributed by atoms with Gasteiger partial charge in [-0.05, 0) is 37.5 Å². The average Bonchev–Trinajstić information content (AvgIpc) is 1.96. The van der Waals surface area contributed by atoms with E-state index in [9.17, 15) is 0 Å². The van der Waals surface area contributed by atoms with Crippen molar-refractivity contribution >= 4 is 11.6 Å². The Morgan fingerprint density at radius 1 is 1.50 bits per heavy atom. The Bertz CT molecular complexity index is 269. The molecule has 0 fully saturated rings. The third-order valence-corrected chi connectivity index (χ3v) is 2.20. The molecule has 0 heterocycles. The maximum absolute atomic E-state index is 5.96. The lowest BCUT2D eigenvalue weighted by Crippen LogP contribution is -2.17. The van der Waals surface area contributed by atoms with E-state index in [-0.39, 0.29) is 6.04 Å². The number of hydrogen-bond donors (Lipinski definition) is 1. The van der Waals surface area contributed by atoms with Gasteiger partial charge in [0.2, 0.25) is 0 Å². The molecule has 1 rings (SSSR count). The van der Waals surface area contributed by atoms with Crippen molar-refractivity contribution in [3.8, 4) is 0 Å². The minimum Gasteiger partial charge on any atom is -0.328 e. The van der Waals surface area contributed by atoms with Crippen LogP contribution in [0.4, 0.5) is 0 Å². The van der Waals surface area contributed by atoms with Crippen LogP contribution >= 0.6 is 11.6 Å². The molecule has 0 aromatic heterocycles. The van der Waals surface area contributed by atoms with Gasteiger partial charge in [0.1, 0.15) is 0 Å². The van der Waals surface area contributed by atoms with Gasteiger partial charge in [0.25, 0.3) is 0 Å². The maximum Gasteiger partial charge on any atom is 0.0437 e. The van der Waals surface area contributed by atoms with Gasteiger partial charge >= 0.3 is 0 Å². The molecule has 2 heteroatoms. The first kappa shape index (κ1) is 9.56.